The fraction of sp³-hybridized carbons (Fsp3) is 0.429. The van der Waals surface area contributed by atoms with Crippen LogP contribution in [-0.4, -0.2) is 67.6 Å². The molecule has 3 heterocycles. The number of fused-ring (bicyclic) bond motifs is 1. The number of benzene rings is 1. The van der Waals surface area contributed by atoms with E-state index in [2.05, 4.69) is 9.88 Å². The zero-order valence-electron chi connectivity index (χ0n) is 17.3. The molecule has 9 heteroatoms. The molecule has 3 aromatic rings. The Labute approximate surface area is 173 Å². The molecular formula is C21H26N6O3. The van der Waals surface area contributed by atoms with Gasteiger partial charge in [-0.3, -0.25) is 14.2 Å². The number of hydrogen-bond acceptors (Lipinski definition) is 5. The van der Waals surface area contributed by atoms with Gasteiger partial charge in [-0.25, -0.2) is 14.3 Å². The number of aromatic nitrogens is 4. The molecule has 9 nitrogen and oxygen atoms in total. The largest absolute Gasteiger partial charge is 0.339 e. The summed E-state index contributed by atoms with van der Waals surface area (Å²) in [6, 6.07) is 9.54. The maximum absolute atomic E-state index is 13.3. The second-order valence-electron chi connectivity index (χ2n) is 7.63. The highest BCUT2D eigenvalue weighted by Gasteiger charge is 2.23. The molecule has 1 fully saturated rings. The molecule has 0 bridgehead atoms. The molecule has 1 aliphatic rings. The van der Waals surface area contributed by atoms with E-state index in [0.717, 1.165) is 23.2 Å². The van der Waals surface area contributed by atoms with Gasteiger partial charge in [0.2, 0.25) is 5.91 Å². The summed E-state index contributed by atoms with van der Waals surface area (Å²) in [5, 5.41) is 0. The van der Waals surface area contributed by atoms with E-state index in [0.29, 0.717) is 30.8 Å². The van der Waals surface area contributed by atoms with E-state index in [1.807, 2.05) is 44.3 Å². The van der Waals surface area contributed by atoms with Crippen LogP contribution in [0.15, 0.2) is 46.2 Å². The predicted octanol–water partition coefficient (Wildman–Crippen LogP) is 0.202. The molecule has 158 valence electrons. The van der Waals surface area contributed by atoms with Crippen LogP contribution < -0.4 is 11.2 Å². The Balaban J connectivity index is 1.78. The quantitative estimate of drug-likeness (QED) is 0.600. The van der Waals surface area contributed by atoms with Gasteiger partial charge in [-0.05, 0) is 19.5 Å². The van der Waals surface area contributed by atoms with Crippen molar-refractivity contribution in [2.75, 3.05) is 33.2 Å². The normalized spacial score (nSPS) is 15.1. The van der Waals surface area contributed by atoms with Gasteiger partial charge < -0.3 is 14.4 Å². The van der Waals surface area contributed by atoms with E-state index in [-0.39, 0.29) is 19.0 Å². The van der Waals surface area contributed by atoms with Crippen LogP contribution in [0, 0.1) is 0 Å². The second-order valence-corrected chi connectivity index (χ2v) is 7.63. The lowest BCUT2D eigenvalue weighted by molar-refractivity contribution is -0.133. The number of hydrogen-bond donors (Lipinski definition) is 0. The molecule has 1 aromatic carbocycles. The highest BCUT2D eigenvalue weighted by atomic mass is 16.2. The number of amides is 1. The van der Waals surface area contributed by atoms with E-state index in [4.69, 9.17) is 0 Å². The first-order chi connectivity index (χ1) is 14.5. The maximum Gasteiger partial charge on any atom is 0.333 e. The minimum absolute atomic E-state index is 0.213. The fourth-order valence-electron chi connectivity index (χ4n) is 3.82. The third kappa shape index (κ3) is 3.68. The van der Waals surface area contributed by atoms with E-state index in [1.165, 1.54) is 4.57 Å². The number of nitrogens with zero attached hydrogens (tertiary/aromatic N) is 6. The van der Waals surface area contributed by atoms with E-state index < -0.39 is 11.2 Å². The van der Waals surface area contributed by atoms with Crippen LogP contribution in [0.25, 0.3) is 11.2 Å². The Morgan fingerprint density at radius 1 is 1.03 bits per heavy atom. The second kappa shape index (κ2) is 8.27. The average molecular weight is 410 g/mol. The Bertz CT molecular complexity index is 1170. The molecule has 0 N–H and O–H groups in total. The molecule has 1 saturated heterocycles. The minimum Gasteiger partial charge on any atom is -0.339 e. The summed E-state index contributed by atoms with van der Waals surface area (Å²) < 4.78 is 4.25. The van der Waals surface area contributed by atoms with Crippen LogP contribution in [-0.2, 0) is 24.4 Å². The van der Waals surface area contributed by atoms with Gasteiger partial charge in [0, 0.05) is 32.7 Å². The van der Waals surface area contributed by atoms with Crippen LogP contribution in [0.2, 0.25) is 0 Å². The maximum atomic E-state index is 13.3. The molecule has 0 atom stereocenters. The molecule has 0 unspecified atom stereocenters. The van der Waals surface area contributed by atoms with Gasteiger partial charge in [-0.1, -0.05) is 30.3 Å². The Hall–Kier alpha value is -3.20. The molecule has 1 aliphatic heterocycles. The van der Waals surface area contributed by atoms with Crippen molar-refractivity contribution in [2.45, 2.75) is 26.6 Å². The van der Waals surface area contributed by atoms with Gasteiger partial charge in [0.15, 0.2) is 11.2 Å². The lowest BCUT2D eigenvalue weighted by atomic mass is 10.2. The number of aryl methyl sites for hydroxylation is 1. The van der Waals surface area contributed by atoms with Crippen molar-refractivity contribution in [1.82, 2.24) is 28.5 Å². The van der Waals surface area contributed by atoms with E-state index in [9.17, 15) is 14.4 Å². The summed E-state index contributed by atoms with van der Waals surface area (Å²) in [6.07, 6.45) is 1.57. The minimum atomic E-state index is -0.514. The number of carbonyl (C=O) groups is 1. The number of rotatable bonds is 5. The van der Waals surface area contributed by atoms with Crippen molar-refractivity contribution < 1.29 is 4.79 Å². The number of likely N-dealkylation sites (N-methyl/N-ethyl adjacent to an activating group) is 1. The summed E-state index contributed by atoms with van der Waals surface area (Å²) in [7, 11) is 2.01. The van der Waals surface area contributed by atoms with Gasteiger partial charge in [-0.15, -0.1) is 0 Å². The lowest BCUT2D eigenvalue weighted by Gasteiger charge is -2.32. The SMILES string of the molecule is CCn1cnc2c1c(=O)n(CC(=O)N1CCN(C)CC1)c(=O)n2Cc1ccccc1. The molecular weight excluding hydrogens is 384 g/mol. The van der Waals surface area contributed by atoms with Crippen molar-refractivity contribution >= 4 is 17.1 Å². The number of imidazole rings is 1. The van der Waals surface area contributed by atoms with Crippen LogP contribution in [0.5, 0.6) is 0 Å². The van der Waals surface area contributed by atoms with Crippen LogP contribution >= 0.6 is 0 Å². The fourth-order valence-corrected chi connectivity index (χ4v) is 3.82. The van der Waals surface area contributed by atoms with Gasteiger partial charge in [-0.2, -0.15) is 0 Å². The van der Waals surface area contributed by atoms with Gasteiger partial charge in [0.25, 0.3) is 5.56 Å². The molecule has 2 aromatic heterocycles. The zero-order chi connectivity index (χ0) is 21.3. The molecule has 1 amide bonds. The van der Waals surface area contributed by atoms with E-state index in [1.54, 1.807) is 15.8 Å². The molecule has 30 heavy (non-hydrogen) atoms. The number of carbonyl (C=O) groups excluding carboxylic acids is 1. The Morgan fingerprint density at radius 2 is 1.73 bits per heavy atom. The summed E-state index contributed by atoms with van der Waals surface area (Å²) in [6.45, 7) is 5.21. The average Bonchev–Trinajstić information content (AvgIpc) is 3.19. The summed E-state index contributed by atoms with van der Waals surface area (Å²) in [4.78, 5) is 47.5. The monoisotopic (exact) mass is 410 g/mol. The van der Waals surface area contributed by atoms with Gasteiger partial charge in [0.05, 0.1) is 12.9 Å². The highest BCUT2D eigenvalue weighted by Crippen LogP contribution is 2.10. The first kappa shape index (κ1) is 20.1. The lowest BCUT2D eigenvalue weighted by Crippen LogP contribution is -2.50. The Kier molecular flexibility index (Phi) is 5.54. The van der Waals surface area contributed by atoms with Crippen molar-refractivity contribution in [1.29, 1.82) is 0 Å². The van der Waals surface area contributed by atoms with Gasteiger partial charge in [0.1, 0.15) is 6.54 Å². The molecule has 0 spiro atoms. The third-order valence-electron chi connectivity index (χ3n) is 5.66. The van der Waals surface area contributed by atoms with Crippen molar-refractivity contribution in [3.8, 4) is 0 Å². The first-order valence-corrected chi connectivity index (χ1v) is 10.2. The summed E-state index contributed by atoms with van der Waals surface area (Å²) in [5.41, 5.74) is 0.627. The molecule has 0 aliphatic carbocycles. The van der Waals surface area contributed by atoms with Gasteiger partial charge >= 0.3 is 5.69 Å². The smallest absolute Gasteiger partial charge is 0.333 e. The van der Waals surface area contributed by atoms with Crippen LogP contribution in [0.1, 0.15) is 12.5 Å². The van der Waals surface area contributed by atoms with Crippen molar-refractivity contribution in [3.63, 3.8) is 0 Å². The molecule has 4 rings (SSSR count). The molecule has 0 saturated carbocycles. The van der Waals surface area contributed by atoms with Crippen LogP contribution in [0.4, 0.5) is 0 Å². The third-order valence-corrected chi connectivity index (χ3v) is 5.66. The Morgan fingerprint density at radius 3 is 2.40 bits per heavy atom. The van der Waals surface area contributed by atoms with Crippen LogP contribution in [0.3, 0.4) is 0 Å². The molecule has 0 radical (unpaired) electrons. The topological polar surface area (TPSA) is 85.4 Å². The zero-order valence-corrected chi connectivity index (χ0v) is 17.3. The summed E-state index contributed by atoms with van der Waals surface area (Å²) in [5.74, 6) is -0.213. The first-order valence-electron chi connectivity index (χ1n) is 10.2. The standard InChI is InChI=1S/C21H26N6O3/c1-3-24-15-22-19-18(24)20(29)27(14-17(28)25-11-9-23(2)10-12-25)21(30)26(19)13-16-7-5-4-6-8-16/h4-8,15H,3,9-14H2,1-2H3. The van der Waals surface area contributed by atoms with Crippen molar-refractivity contribution in [2.24, 2.45) is 0 Å². The van der Waals surface area contributed by atoms with Crippen molar-refractivity contribution in [3.05, 3.63) is 63.1 Å². The number of piperazine rings is 1. The highest BCUT2D eigenvalue weighted by molar-refractivity contribution is 5.77. The predicted molar refractivity (Wildman–Crippen MR) is 114 cm³/mol. The summed E-state index contributed by atoms with van der Waals surface area (Å²) >= 11 is 0. The van der Waals surface area contributed by atoms with E-state index >= 15 is 0 Å².